The number of hydrogen-bond acceptors (Lipinski definition) is 5. The number of benzene rings is 1. The fourth-order valence-electron chi connectivity index (χ4n) is 3.73. The van der Waals surface area contributed by atoms with E-state index in [1.54, 1.807) is 17.0 Å². The number of non-ortho nitro benzene ring substituents is 1. The molecule has 1 aliphatic heterocycles. The fraction of sp³-hybridized carbons (Fsp3) is 0.529. The predicted molar refractivity (Wildman–Crippen MR) is 90.3 cm³/mol. The Hall–Kier alpha value is -2.64. The molecule has 0 unspecified atom stereocenters. The van der Waals surface area contributed by atoms with Gasteiger partial charge in [0.15, 0.2) is 0 Å². The molecule has 3 rings (SSSR count). The summed E-state index contributed by atoms with van der Waals surface area (Å²) in [6.45, 7) is 5.93. The molecule has 0 spiro atoms. The van der Waals surface area contributed by atoms with Gasteiger partial charge in [0, 0.05) is 44.0 Å². The first kappa shape index (κ1) is 17.2. The Morgan fingerprint density at radius 2 is 1.68 bits per heavy atom. The van der Waals surface area contributed by atoms with Crippen molar-refractivity contribution in [2.24, 2.45) is 17.3 Å². The smallest absolute Gasteiger partial charge is 0.307 e. The number of nitro benzene ring substituents is 1. The van der Waals surface area contributed by atoms with E-state index in [0.29, 0.717) is 26.2 Å². The van der Waals surface area contributed by atoms with Gasteiger partial charge in [-0.05, 0) is 17.5 Å². The molecule has 1 N–H and O–H groups in total. The van der Waals surface area contributed by atoms with E-state index in [1.807, 2.05) is 13.8 Å². The second-order valence-corrected chi connectivity index (χ2v) is 7.20. The van der Waals surface area contributed by atoms with Crippen molar-refractivity contribution in [2.75, 3.05) is 31.1 Å². The van der Waals surface area contributed by atoms with Crippen LogP contribution in [0.25, 0.3) is 0 Å². The van der Waals surface area contributed by atoms with Crippen LogP contribution in [-0.4, -0.2) is 53.0 Å². The van der Waals surface area contributed by atoms with E-state index < -0.39 is 28.1 Å². The molecule has 0 radical (unpaired) electrons. The minimum absolute atomic E-state index is 0.0493. The number of rotatable bonds is 4. The van der Waals surface area contributed by atoms with Crippen molar-refractivity contribution in [1.82, 2.24) is 4.90 Å². The highest BCUT2D eigenvalue weighted by atomic mass is 16.6. The lowest BCUT2D eigenvalue weighted by Crippen LogP contribution is -2.49. The van der Waals surface area contributed by atoms with Crippen LogP contribution in [0.5, 0.6) is 0 Å². The van der Waals surface area contributed by atoms with Crippen molar-refractivity contribution in [3.05, 3.63) is 34.4 Å². The van der Waals surface area contributed by atoms with Crippen LogP contribution in [0.3, 0.4) is 0 Å². The van der Waals surface area contributed by atoms with E-state index in [4.69, 9.17) is 0 Å². The van der Waals surface area contributed by atoms with Gasteiger partial charge in [-0.3, -0.25) is 19.7 Å². The molecule has 1 saturated carbocycles. The third kappa shape index (κ3) is 3.04. The van der Waals surface area contributed by atoms with E-state index in [-0.39, 0.29) is 11.6 Å². The first-order chi connectivity index (χ1) is 11.7. The largest absolute Gasteiger partial charge is 0.481 e. The van der Waals surface area contributed by atoms with Crippen LogP contribution in [0.1, 0.15) is 13.8 Å². The lowest BCUT2D eigenvalue weighted by atomic mass is 10.1. The molecule has 2 atom stereocenters. The summed E-state index contributed by atoms with van der Waals surface area (Å²) in [5, 5.41) is 19.9. The van der Waals surface area contributed by atoms with Crippen molar-refractivity contribution in [3.63, 3.8) is 0 Å². The second kappa shape index (κ2) is 6.02. The van der Waals surface area contributed by atoms with Crippen LogP contribution in [0.2, 0.25) is 0 Å². The van der Waals surface area contributed by atoms with Crippen molar-refractivity contribution in [1.29, 1.82) is 0 Å². The highest BCUT2D eigenvalue weighted by Gasteiger charge is 2.66. The third-order valence-corrected chi connectivity index (χ3v) is 5.38. The summed E-state index contributed by atoms with van der Waals surface area (Å²) in [5.41, 5.74) is 0.444. The summed E-state index contributed by atoms with van der Waals surface area (Å²) in [6.07, 6.45) is 0. The number of hydrogen-bond donors (Lipinski definition) is 1. The standard InChI is InChI=1S/C17H21N3O5/c1-17(2)13(14(17)16(22)23)15(21)19-9-7-18(8-10-19)11-3-5-12(6-4-11)20(24)25/h3-6,13-14H,7-10H2,1-2H3,(H,22,23)/t13-,14-/m1/s1. The van der Waals surface area contributed by atoms with Crippen LogP contribution in [0, 0.1) is 27.4 Å². The summed E-state index contributed by atoms with van der Waals surface area (Å²) < 4.78 is 0. The van der Waals surface area contributed by atoms with Gasteiger partial charge >= 0.3 is 5.97 Å². The topological polar surface area (TPSA) is 104 Å². The number of carboxylic acids is 1. The lowest BCUT2D eigenvalue weighted by molar-refractivity contribution is -0.384. The highest BCUT2D eigenvalue weighted by molar-refractivity contribution is 5.91. The molecule has 1 aromatic carbocycles. The summed E-state index contributed by atoms with van der Waals surface area (Å²) in [4.78, 5) is 38.0. The molecule has 1 heterocycles. The molecule has 25 heavy (non-hydrogen) atoms. The van der Waals surface area contributed by atoms with Gasteiger partial charge in [-0.1, -0.05) is 13.8 Å². The molecule has 1 amide bonds. The average Bonchev–Trinajstić information content (AvgIpc) is 3.17. The lowest BCUT2D eigenvalue weighted by Gasteiger charge is -2.36. The van der Waals surface area contributed by atoms with E-state index in [2.05, 4.69) is 4.90 Å². The minimum atomic E-state index is -0.909. The molecule has 1 aliphatic carbocycles. The number of nitrogens with zero attached hydrogens (tertiary/aromatic N) is 3. The monoisotopic (exact) mass is 347 g/mol. The first-order valence-corrected chi connectivity index (χ1v) is 8.24. The van der Waals surface area contributed by atoms with Gasteiger partial charge in [-0.2, -0.15) is 0 Å². The molecule has 1 aromatic rings. The Morgan fingerprint density at radius 1 is 1.12 bits per heavy atom. The summed E-state index contributed by atoms with van der Waals surface area (Å²) in [7, 11) is 0. The molecule has 1 saturated heterocycles. The van der Waals surface area contributed by atoms with Gasteiger partial charge in [-0.25, -0.2) is 0 Å². The van der Waals surface area contributed by atoms with Gasteiger partial charge in [0.25, 0.3) is 5.69 Å². The zero-order chi connectivity index (χ0) is 18.4. The van der Waals surface area contributed by atoms with Crippen LogP contribution in [0.15, 0.2) is 24.3 Å². The quantitative estimate of drug-likeness (QED) is 0.655. The molecule has 2 aliphatic rings. The Morgan fingerprint density at radius 3 is 2.12 bits per heavy atom. The molecule has 2 fully saturated rings. The third-order valence-electron chi connectivity index (χ3n) is 5.38. The average molecular weight is 347 g/mol. The van der Waals surface area contributed by atoms with E-state index in [9.17, 15) is 24.8 Å². The van der Waals surface area contributed by atoms with Crippen molar-refractivity contribution < 1.29 is 19.6 Å². The Balaban J connectivity index is 1.60. The van der Waals surface area contributed by atoms with Crippen molar-refractivity contribution in [3.8, 4) is 0 Å². The number of carboxylic acid groups (broad SMARTS) is 1. The Labute approximate surface area is 145 Å². The molecular weight excluding hydrogens is 326 g/mol. The summed E-state index contributed by atoms with van der Waals surface area (Å²) in [6, 6.07) is 6.36. The summed E-state index contributed by atoms with van der Waals surface area (Å²) >= 11 is 0. The first-order valence-electron chi connectivity index (χ1n) is 8.24. The SMILES string of the molecule is CC1(C)[C@@H](C(=O)O)[C@@H]1C(=O)N1CCN(c2ccc([N+](=O)[O-])cc2)CC1. The maximum absolute atomic E-state index is 12.6. The zero-order valence-electron chi connectivity index (χ0n) is 14.2. The van der Waals surface area contributed by atoms with Crippen LogP contribution in [0.4, 0.5) is 11.4 Å². The maximum atomic E-state index is 12.6. The molecule has 8 nitrogen and oxygen atoms in total. The van der Waals surface area contributed by atoms with Gasteiger partial charge < -0.3 is 14.9 Å². The van der Waals surface area contributed by atoms with Crippen molar-refractivity contribution >= 4 is 23.3 Å². The molecule has 8 heteroatoms. The number of nitro groups is 1. The number of carbonyl (C=O) groups excluding carboxylic acids is 1. The number of anilines is 1. The van der Waals surface area contributed by atoms with Gasteiger partial charge in [0.1, 0.15) is 0 Å². The summed E-state index contributed by atoms with van der Waals surface area (Å²) in [5.74, 6) is -2.04. The zero-order valence-corrected chi connectivity index (χ0v) is 14.2. The fourth-order valence-corrected chi connectivity index (χ4v) is 3.73. The van der Waals surface area contributed by atoms with Gasteiger partial charge in [0.2, 0.25) is 5.91 Å². The molecule has 134 valence electrons. The number of aliphatic carboxylic acids is 1. The number of carbonyl (C=O) groups is 2. The Kier molecular flexibility index (Phi) is 4.14. The minimum Gasteiger partial charge on any atom is -0.481 e. The molecular formula is C17H21N3O5. The number of piperazine rings is 1. The number of amides is 1. The van der Waals surface area contributed by atoms with Gasteiger partial charge in [-0.15, -0.1) is 0 Å². The molecule has 0 aromatic heterocycles. The van der Waals surface area contributed by atoms with Crippen LogP contribution in [-0.2, 0) is 9.59 Å². The van der Waals surface area contributed by atoms with Gasteiger partial charge in [0.05, 0.1) is 16.8 Å². The maximum Gasteiger partial charge on any atom is 0.307 e. The second-order valence-electron chi connectivity index (χ2n) is 7.20. The molecule has 0 bridgehead atoms. The van der Waals surface area contributed by atoms with Crippen LogP contribution < -0.4 is 4.90 Å². The van der Waals surface area contributed by atoms with E-state index in [0.717, 1.165) is 5.69 Å². The predicted octanol–water partition coefficient (Wildman–Crippen LogP) is 1.60. The highest BCUT2D eigenvalue weighted by Crippen LogP contribution is 2.59. The normalized spacial score (nSPS) is 24.7. The van der Waals surface area contributed by atoms with E-state index in [1.165, 1.54) is 12.1 Å². The van der Waals surface area contributed by atoms with Crippen LogP contribution >= 0.6 is 0 Å². The van der Waals surface area contributed by atoms with E-state index >= 15 is 0 Å². The van der Waals surface area contributed by atoms with Crippen molar-refractivity contribution in [2.45, 2.75) is 13.8 Å². The Bertz CT molecular complexity index is 707.